The number of aliphatic hydroxyl groups is 1. The summed E-state index contributed by atoms with van der Waals surface area (Å²) in [6.07, 6.45) is 0. The summed E-state index contributed by atoms with van der Waals surface area (Å²) in [7, 11) is 0. The summed E-state index contributed by atoms with van der Waals surface area (Å²) in [6, 6.07) is 0. The second-order valence-electron chi connectivity index (χ2n) is 2.82. The Morgan fingerprint density at radius 1 is 0.900 bits per heavy atom. The van der Waals surface area contributed by atoms with Crippen molar-refractivity contribution in [3.05, 3.63) is 0 Å². The average molecular weight is 424 g/mol. The van der Waals surface area contributed by atoms with Crippen LogP contribution < -0.4 is 11.1 Å². The molecule has 0 spiro atoms. The molecule has 0 heterocycles. The zero-order chi connectivity index (χ0) is 16.3. The summed E-state index contributed by atoms with van der Waals surface area (Å²) < 4.78 is 0. The average Bonchev–Trinajstić information content (AvgIpc) is 2.15. The van der Waals surface area contributed by atoms with Crippen molar-refractivity contribution in [2.24, 2.45) is 5.73 Å². The molecule has 120 valence electrons. The Kier molecular flexibility index (Phi) is 49.7. The molecule has 0 rings (SSSR count). The molecule has 0 fully saturated rings. The van der Waals surface area contributed by atoms with Crippen LogP contribution in [0.5, 0.6) is 0 Å². The summed E-state index contributed by atoms with van der Waals surface area (Å²) >= 11 is 0. The van der Waals surface area contributed by atoms with E-state index in [0.29, 0.717) is 13.1 Å². The van der Waals surface area contributed by atoms with Gasteiger partial charge in [-0.05, 0) is 0 Å². The van der Waals surface area contributed by atoms with Crippen molar-refractivity contribution in [2.75, 3.05) is 26.2 Å². The van der Waals surface area contributed by atoms with Crippen molar-refractivity contribution in [1.29, 1.82) is 0 Å². The first kappa shape index (κ1) is 31.9. The quantitative estimate of drug-likeness (QED) is 0.303. The van der Waals surface area contributed by atoms with E-state index >= 15 is 0 Å². The van der Waals surface area contributed by atoms with Gasteiger partial charge in [0, 0.05) is 82.2 Å². The molecular formula is C10H24CeN2O7. The van der Waals surface area contributed by atoms with Crippen LogP contribution in [0.25, 0.3) is 0 Å². The number of aliphatic carboxylic acids is 3. The smallest absolute Gasteiger partial charge is 0.300 e. The van der Waals surface area contributed by atoms with Gasteiger partial charge in [0.2, 0.25) is 0 Å². The van der Waals surface area contributed by atoms with Crippen LogP contribution in [0.1, 0.15) is 20.8 Å². The van der Waals surface area contributed by atoms with Gasteiger partial charge in [-0.1, -0.05) is 0 Å². The molecule has 0 unspecified atom stereocenters. The number of hydrogen-bond acceptors (Lipinski definition) is 6. The molecule has 0 aromatic rings. The van der Waals surface area contributed by atoms with Crippen LogP contribution in [0.15, 0.2) is 0 Å². The molecule has 0 radical (unpaired) electrons. The summed E-state index contributed by atoms with van der Waals surface area (Å²) in [4.78, 5) is 27.0. The molecule has 0 aliphatic carbocycles. The number of rotatable bonds is 4. The standard InChI is InChI=1S/C4H12N2O.3C2H4O2.Ce/c5-1-2-6-3-4-7;3*1-2(3)4;/h6-7H,1-5H2;3*1H3,(H,3,4);. The third-order valence-electron chi connectivity index (χ3n) is 0.610. The van der Waals surface area contributed by atoms with Crippen molar-refractivity contribution in [2.45, 2.75) is 20.8 Å². The van der Waals surface area contributed by atoms with Crippen LogP contribution in [-0.4, -0.2) is 64.6 Å². The van der Waals surface area contributed by atoms with Crippen molar-refractivity contribution in [1.82, 2.24) is 5.32 Å². The van der Waals surface area contributed by atoms with Gasteiger partial charge in [-0.25, -0.2) is 0 Å². The van der Waals surface area contributed by atoms with Gasteiger partial charge >= 0.3 is 0 Å². The third-order valence-corrected chi connectivity index (χ3v) is 0.610. The van der Waals surface area contributed by atoms with E-state index in [1.807, 2.05) is 0 Å². The Labute approximate surface area is 151 Å². The Hall–Kier alpha value is -0.333. The second-order valence-corrected chi connectivity index (χ2v) is 2.82. The van der Waals surface area contributed by atoms with Crippen LogP contribution in [-0.2, 0) is 14.4 Å². The minimum atomic E-state index is -0.833. The number of carbonyl (C=O) groups is 3. The number of nitrogens with one attached hydrogen (secondary N) is 1. The summed E-state index contributed by atoms with van der Waals surface area (Å²) in [5, 5.41) is 33.3. The molecule has 7 N–H and O–H groups in total. The first-order valence-corrected chi connectivity index (χ1v) is 5.21. The van der Waals surface area contributed by atoms with Gasteiger partial charge in [-0.2, -0.15) is 0 Å². The molecule has 20 heavy (non-hydrogen) atoms. The summed E-state index contributed by atoms with van der Waals surface area (Å²) in [6.45, 7) is 5.53. The van der Waals surface area contributed by atoms with Gasteiger partial charge in [-0.3, -0.25) is 14.4 Å². The SMILES string of the molecule is CC(=O)O.CC(=O)O.CC(=O)O.NCCNCCO.[Ce]. The fraction of sp³-hybridized carbons (Fsp3) is 0.700. The van der Waals surface area contributed by atoms with Crippen molar-refractivity contribution in [3.63, 3.8) is 0 Å². The van der Waals surface area contributed by atoms with Gasteiger partial charge in [-0.15, -0.1) is 0 Å². The topological polar surface area (TPSA) is 170 Å². The molecule has 0 saturated heterocycles. The van der Waals surface area contributed by atoms with E-state index in [0.717, 1.165) is 27.3 Å². The fourth-order valence-electron chi connectivity index (χ4n) is 0.306. The molecule has 0 aromatic heterocycles. The molecule has 0 saturated carbocycles. The first-order chi connectivity index (χ1) is 8.61. The van der Waals surface area contributed by atoms with E-state index in [4.69, 9.17) is 40.5 Å². The predicted molar refractivity (Wildman–Crippen MR) is 68.9 cm³/mol. The number of carboxylic acid groups (broad SMARTS) is 3. The molecule has 0 aromatic carbocycles. The summed E-state index contributed by atoms with van der Waals surface area (Å²) in [5.74, 6) is -2.50. The fourth-order valence-corrected chi connectivity index (χ4v) is 0.306. The van der Waals surface area contributed by atoms with E-state index in [2.05, 4.69) is 5.32 Å². The van der Waals surface area contributed by atoms with Gasteiger partial charge in [0.1, 0.15) is 0 Å². The van der Waals surface area contributed by atoms with Crippen molar-refractivity contribution in [3.8, 4) is 0 Å². The Morgan fingerprint density at radius 3 is 1.30 bits per heavy atom. The van der Waals surface area contributed by atoms with Gasteiger partial charge in [0.05, 0.1) is 6.61 Å². The van der Waals surface area contributed by atoms with Crippen molar-refractivity contribution < 1.29 is 76.6 Å². The van der Waals surface area contributed by atoms with Crippen LogP contribution in [0.3, 0.4) is 0 Å². The molecule has 0 aliphatic heterocycles. The van der Waals surface area contributed by atoms with Crippen LogP contribution in [0.2, 0.25) is 0 Å². The third kappa shape index (κ3) is 365. The van der Waals surface area contributed by atoms with E-state index < -0.39 is 17.9 Å². The molecule has 0 amide bonds. The molecule has 0 aliphatic rings. The maximum absolute atomic E-state index is 9.00. The Bertz CT molecular complexity index is 183. The van der Waals surface area contributed by atoms with Gasteiger partial charge < -0.3 is 31.5 Å². The largest absolute Gasteiger partial charge is 0.481 e. The first-order valence-electron chi connectivity index (χ1n) is 5.21. The number of carboxylic acids is 3. The molecule has 9 nitrogen and oxygen atoms in total. The number of nitrogens with two attached hydrogens (primary N) is 1. The van der Waals surface area contributed by atoms with Gasteiger partial charge in [0.25, 0.3) is 17.9 Å². The normalized spacial score (nSPS) is 7.05. The predicted octanol–water partition coefficient (Wildman–Crippen LogP) is -1.20. The van der Waals surface area contributed by atoms with Crippen molar-refractivity contribution >= 4 is 17.9 Å². The zero-order valence-corrected chi connectivity index (χ0v) is 15.1. The molecule has 0 atom stereocenters. The Morgan fingerprint density at radius 2 is 1.15 bits per heavy atom. The number of hydrogen-bond donors (Lipinski definition) is 6. The maximum Gasteiger partial charge on any atom is 0.300 e. The van der Waals surface area contributed by atoms with Gasteiger partial charge in [0.15, 0.2) is 0 Å². The minimum absolute atomic E-state index is 0. The number of aliphatic hydroxyl groups excluding tert-OH is 1. The van der Waals surface area contributed by atoms with Crippen LogP contribution in [0, 0.1) is 41.7 Å². The zero-order valence-electron chi connectivity index (χ0n) is 11.9. The molecular weight excluding hydrogens is 400 g/mol. The maximum atomic E-state index is 9.00. The van der Waals surface area contributed by atoms with Crippen LogP contribution >= 0.6 is 0 Å². The molecule has 0 bridgehead atoms. The van der Waals surface area contributed by atoms with Crippen LogP contribution in [0.4, 0.5) is 0 Å². The second kappa shape index (κ2) is 31.2. The minimum Gasteiger partial charge on any atom is -0.481 e. The van der Waals surface area contributed by atoms with E-state index in [1.54, 1.807) is 0 Å². The van der Waals surface area contributed by atoms with E-state index in [-0.39, 0.29) is 48.4 Å². The Balaban J connectivity index is -0.0000000512. The van der Waals surface area contributed by atoms with E-state index in [9.17, 15) is 0 Å². The van der Waals surface area contributed by atoms with E-state index in [1.165, 1.54) is 0 Å². The molecule has 10 heteroatoms. The monoisotopic (exact) mass is 424 g/mol. The summed E-state index contributed by atoms with van der Waals surface area (Å²) in [5.41, 5.74) is 5.13.